The molecule has 0 saturated heterocycles. The van der Waals surface area contributed by atoms with E-state index in [0.29, 0.717) is 60.8 Å². The number of rotatable bonds is 2. The van der Waals surface area contributed by atoms with E-state index >= 15 is 0 Å². The van der Waals surface area contributed by atoms with Crippen LogP contribution in [0.2, 0.25) is 10.0 Å². The van der Waals surface area contributed by atoms with Gasteiger partial charge in [0.25, 0.3) is 0 Å². The first-order chi connectivity index (χ1) is 19.5. The summed E-state index contributed by atoms with van der Waals surface area (Å²) in [5.41, 5.74) is 2.88. The molecule has 1 atom stereocenters. The summed E-state index contributed by atoms with van der Waals surface area (Å²) in [5, 5.41) is 8.35. The van der Waals surface area contributed by atoms with Gasteiger partial charge in [0, 0.05) is 5.56 Å². The smallest absolute Gasteiger partial charge is 0.344 e. The highest BCUT2D eigenvalue weighted by atomic mass is 35.5. The molecule has 40 heavy (non-hydrogen) atoms. The van der Waals surface area contributed by atoms with Crippen LogP contribution < -0.4 is 10.4 Å². The molecule has 8 rings (SSSR count). The fraction of sp³-hybridized carbons (Fsp3) is 0.0323. The molecule has 0 bridgehead atoms. The van der Waals surface area contributed by atoms with Crippen molar-refractivity contribution in [1.29, 1.82) is 0 Å². The predicted octanol–water partition coefficient (Wildman–Crippen LogP) is 7.64. The summed E-state index contributed by atoms with van der Waals surface area (Å²) >= 11 is 12.7. The molecule has 1 aliphatic heterocycles. The third kappa shape index (κ3) is 3.45. The Kier molecular flexibility index (Phi) is 5.01. The quantitative estimate of drug-likeness (QED) is 0.201. The third-order valence-corrected chi connectivity index (χ3v) is 7.99. The van der Waals surface area contributed by atoms with Crippen LogP contribution in [0.5, 0.6) is 11.6 Å². The van der Waals surface area contributed by atoms with Crippen molar-refractivity contribution < 1.29 is 9.15 Å². The largest absolute Gasteiger partial charge is 0.437 e. The van der Waals surface area contributed by atoms with Gasteiger partial charge in [0.05, 0.1) is 32.5 Å². The number of ether oxygens (including phenoxy) is 1. The molecule has 0 N–H and O–H groups in total. The highest BCUT2D eigenvalue weighted by Crippen LogP contribution is 2.49. The van der Waals surface area contributed by atoms with Gasteiger partial charge in [-0.1, -0.05) is 77.8 Å². The van der Waals surface area contributed by atoms with Crippen LogP contribution in [0.1, 0.15) is 22.6 Å². The summed E-state index contributed by atoms with van der Waals surface area (Å²) in [7, 11) is 0. The minimum atomic E-state index is -0.653. The van der Waals surface area contributed by atoms with Gasteiger partial charge in [0.15, 0.2) is 17.2 Å². The Morgan fingerprint density at radius 3 is 2.52 bits per heavy atom. The summed E-state index contributed by atoms with van der Waals surface area (Å²) in [4.78, 5) is 23.1. The first kappa shape index (κ1) is 23.2. The zero-order valence-electron chi connectivity index (χ0n) is 20.5. The number of benzene rings is 4. The third-order valence-electron chi connectivity index (χ3n) is 7.25. The summed E-state index contributed by atoms with van der Waals surface area (Å²) < 4.78 is 13.7. The van der Waals surface area contributed by atoms with Crippen LogP contribution in [-0.4, -0.2) is 19.6 Å². The highest BCUT2D eigenvalue weighted by molar-refractivity contribution is 6.42. The Morgan fingerprint density at radius 2 is 1.65 bits per heavy atom. The number of para-hydroxylation sites is 1. The summed E-state index contributed by atoms with van der Waals surface area (Å²) in [6, 6.07) is 26.7. The van der Waals surface area contributed by atoms with E-state index in [1.165, 1.54) is 0 Å². The van der Waals surface area contributed by atoms with Crippen molar-refractivity contribution in [2.75, 3.05) is 0 Å². The molecule has 4 heterocycles. The normalized spacial score (nSPS) is 14.3. The van der Waals surface area contributed by atoms with Gasteiger partial charge in [-0.05, 0) is 46.7 Å². The lowest BCUT2D eigenvalue weighted by atomic mass is 9.84. The molecule has 4 aromatic carbocycles. The van der Waals surface area contributed by atoms with E-state index in [-0.39, 0.29) is 0 Å². The highest BCUT2D eigenvalue weighted by Gasteiger charge is 2.37. The van der Waals surface area contributed by atoms with Crippen LogP contribution in [0, 0.1) is 0 Å². The van der Waals surface area contributed by atoms with Gasteiger partial charge >= 0.3 is 5.63 Å². The molecule has 1 unspecified atom stereocenters. The van der Waals surface area contributed by atoms with E-state index in [0.717, 1.165) is 16.3 Å². The molecule has 0 radical (unpaired) electrons. The Bertz CT molecular complexity index is 2220. The van der Waals surface area contributed by atoms with Gasteiger partial charge < -0.3 is 9.15 Å². The maximum atomic E-state index is 13.5. The zero-order chi connectivity index (χ0) is 27.0. The summed E-state index contributed by atoms with van der Waals surface area (Å²) in [5.74, 6) is 0.579. The Morgan fingerprint density at radius 1 is 0.825 bits per heavy atom. The van der Waals surface area contributed by atoms with Crippen LogP contribution in [0.25, 0.3) is 38.8 Å². The van der Waals surface area contributed by atoms with Crippen LogP contribution >= 0.6 is 23.2 Å². The molecule has 0 spiro atoms. The summed E-state index contributed by atoms with van der Waals surface area (Å²) in [6.07, 6.45) is 1.57. The molecule has 192 valence electrons. The average Bonchev–Trinajstić information content (AvgIpc) is 3.42. The Labute approximate surface area is 236 Å². The molecule has 3 aromatic heterocycles. The number of hydrogen-bond acceptors (Lipinski definition) is 6. The number of nitrogens with zero attached hydrogens (tertiary/aromatic N) is 4. The first-order valence-electron chi connectivity index (χ1n) is 12.5. The maximum Gasteiger partial charge on any atom is 0.344 e. The van der Waals surface area contributed by atoms with Crippen LogP contribution in [0.4, 0.5) is 0 Å². The second-order valence-electron chi connectivity index (χ2n) is 9.57. The predicted molar refractivity (Wildman–Crippen MR) is 154 cm³/mol. The van der Waals surface area contributed by atoms with Crippen LogP contribution in [0.3, 0.4) is 0 Å². The molecule has 0 saturated carbocycles. The van der Waals surface area contributed by atoms with Gasteiger partial charge in [-0.2, -0.15) is 0 Å². The molecule has 0 amide bonds. The lowest BCUT2D eigenvalue weighted by molar-refractivity contribution is 0.422. The van der Waals surface area contributed by atoms with Crippen molar-refractivity contribution in [3.05, 3.63) is 128 Å². The fourth-order valence-corrected chi connectivity index (χ4v) is 5.71. The van der Waals surface area contributed by atoms with Crippen molar-refractivity contribution in [3.8, 4) is 23.0 Å². The van der Waals surface area contributed by atoms with Crippen molar-refractivity contribution in [1.82, 2.24) is 19.6 Å². The van der Waals surface area contributed by atoms with Crippen molar-refractivity contribution in [3.63, 3.8) is 0 Å². The Hall–Kier alpha value is -4.72. The second-order valence-corrected chi connectivity index (χ2v) is 10.4. The number of hydrogen-bond donors (Lipinski definition) is 0. The number of halogens is 2. The van der Waals surface area contributed by atoms with Crippen molar-refractivity contribution in [2.24, 2.45) is 0 Å². The van der Waals surface area contributed by atoms with Gasteiger partial charge in [-0.25, -0.2) is 19.3 Å². The minimum Gasteiger partial charge on any atom is -0.437 e. The molecule has 0 fully saturated rings. The zero-order valence-corrected chi connectivity index (χ0v) is 22.0. The van der Waals surface area contributed by atoms with Crippen molar-refractivity contribution >= 4 is 50.6 Å². The summed E-state index contributed by atoms with van der Waals surface area (Å²) in [6.45, 7) is 0. The Balaban J connectivity index is 1.41. The molecular formula is C31H16Cl2N4O3. The lowest BCUT2D eigenvalue weighted by Gasteiger charge is -2.27. The molecule has 0 aliphatic carbocycles. The van der Waals surface area contributed by atoms with E-state index in [2.05, 4.69) is 11.1 Å². The lowest BCUT2D eigenvalue weighted by Crippen LogP contribution is -2.22. The van der Waals surface area contributed by atoms with Crippen molar-refractivity contribution in [2.45, 2.75) is 5.92 Å². The molecule has 9 heteroatoms. The second kappa shape index (κ2) is 8.64. The monoisotopic (exact) mass is 562 g/mol. The first-order valence-corrected chi connectivity index (χ1v) is 13.2. The van der Waals surface area contributed by atoms with Gasteiger partial charge in [-0.15, -0.1) is 5.10 Å². The SMILES string of the molecule is O=c1oc2ccccc2c2c1C(c1ccc(Cl)c(Cl)c1)c1c(ncn3nc(-c4ccc5ccccc5c4)nc13)O2. The topological polar surface area (TPSA) is 82.5 Å². The molecule has 7 aromatic rings. The van der Waals surface area contributed by atoms with E-state index in [4.69, 9.17) is 42.4 Å². The molecule has 7 nitrogen and oxygen atoms in total. The van der Waals surface area contributed by atoms with Gasteiger partial charge in [0.1, 0.15) is 11.9 Å². The van der Waals surface area contributed by atoms with Gasteiger partial charge in [-0.3, -0.25) is 0 Å². The van der Waals surface area contributed by atoms with E-state index < -0.39 is 11.5 Å². The standard InChI is InChI=1S/C31H16Cl2N4O3/c32-21-12-11-18(14-22(21)33)24-25-27(20-7-3-4-8-23(20)39-31(25)38)40-30-26(24)29-35-28(36-37(29)15-34-30)19-10-9-16-5-1-2-6-17(16)13-19/h1-15,24H. The van der Waals surface area contributed by atoms with E-state index in [1.807, 2.05) is 54.6 Å². The van der Waals surface area contributed by atoms with E-state index in [9.17, 15) is 4.79 Å². The van der Waals surface area contributed by atoms with Crippen LogP contribution in [-0.2, 0) is 0 Å². The number of fused-ring (bicyclic) bond motifs is 7. The average molecular weight is 563 g/mol. The molecule has 1 aliphatic rings. The molecular weight excluding hydrogens is 547 g/mol. The minimum absolute atomic E-state index is 0.323. The van der Waals surface area contributed by atoms with Gasteiger partial charge in [0.2, 0.25) is 5.88 Å². The van der Waals surface area contributed by atoms with Crippen LogP contribution in [0.15, 0.2) is 100 Å². The fourth-order valence-electron chi connectivity index (χ4n) is 5.41. The number of aromatic nitrogens is 4. The maximum absolute atomic E-state index is 13.5. The van der Waals surface area contributed by atoms with E-state index in [1.54, 1.807) is 35.1 Å².